The van der Waals surface area contributed by atoms with E-state index in [1.165, 1.54) is 0 Å². The van der Waals surface area contributed by atoms with Gasteiger partial charge in [-0.05, 0) is 27.2 Å². The molecule has 2 N–H and O–H groups in total. The van der Waals surface area contributed by atoms with Gasteiger partial charge in [0.05, 0.1) is 17.3 Å². The molecule has 100 valence electrons. The summed E-state index contributed by atoms with van der Waals surface area (Å²) in [5.74, 6) is -1.20. The van der Waals surface area contributed by atoms with Crippen LogP contribution < -0.4 is 4.72 Å². The van der Waals surface area contributed by atoms with Crippen LogP contribution >= 0.6 is 0 Å². The molecule has 6 nitrogen and oxygen atoms in total. The molecule has 0 aromatic rings. The molecule has 0 amide bonds. The van der Waals surface area contributed by atoms with Crippen molar-refractivity contribution in [3.05, 3.63) is 0 Å². The van der Waals surface area contributed by atoms with Crippen LogP contribution in [-0.4, -0.2) is 48.9 Å². The van der Waals surface area contributed by atoms with Gasteiger partial charge in [-0.1, -0.05) is 0 Å². The maximum Gasteiger partial charge on any atom is 0.307 e. The predicted octanol–water partition coefficient (Wildman–Crippen LogP) is 0.0667. The fraction of sp³-hybridized carbons (Fsp3) is 0.900. The van der Waals surface area contributed by atoms with Crippen molar-refractivity contribution in [2.24, 2.45) is 5.92 Å². The number of carbonyl (C=O) groups is 1. The Hall–Kier alpha value is -0.660. The van der Waals surface area contributed by atoms with E-state index >= 15 is 0 Å². The summed E-state index contributed by atoms with van der Waals surface area (Å²) in [6.07, 6.45) is 0.218. The van der Waals surface area contributed by atoms with Crippen molar-refractivity contribution in [2.75, 3.05) is 13.1 Å². The molecule has 2 atom stereocenters. The number of carboxylic acid groups (broad SMARTS) is 1. The third-order valence-corrected chi connectivity index (χ3v) is 4.98. The fourth-order valence-corrected chi connectivity index (χ4v) is 2.69. The SMILES string of the molecule is CC(NS(=O)(=O)C(C)C)N1CCC(C(=O)O)C1. The number of nitrogens with zero attached hydrogens (tertiary/aromatic N) is 1. The summed E-state index contributed by atoms with van der Waals surface area (Å²) in [7, 11) is -3.31. The molecule has 0 saturated carbocycles. The van der Waals surface area contributed by atoms with Crippen LogP contribution in [0.3, 0.4) is 0 Å². The summed E-state index contributed by atoms with van der Waals surface area (Å²) in [5, 5.41) is 8.38. The fourth-order valence-electron chi connectivity index (χ4n) is 1.79. The molecule has 0 radical (unpaired) electrons. The van der Waals surface area contributed by atoms with Crippen LogP contribution in [0.4, 0.5) is 0 Å². The van der Waals surface area contributed by atoms with E-state index in [1.807, 2.05) is 4.90 Å². The molecule has 1 saturated heterocycles. The minimum Gasteiger partial charge on any atom is -0.481 e. The lowest BCUT2D eigenvalue weighted by atomic mass is 10.1. The average molecular weight is 264 g/mol. The Morgan fingerprint density at radius 3 is 2.41 bits per heavy atom. The number of aliphatic carboxylic acids is 1. The van der Waals surface area contributed by atoms with Crippen LogP contribution in [0.2, 0.25) is 0 Å². The second-order valence-corrected chi connectivity index (χ2v) is 6.97. The monoisotopic (exact) mass is 264 g/mol. The molecule has 0 spiro atoms. The number of hydrogen-bond acceptors (Lipinski definition) is 4. The Kier molecular flexibility index (Phi) is 4.51. The normalized spacial score (nSPS) is 24.1. The first-order chi connectivity index (χ1) is 7.74. The Morgan fingerprint density at radius 2 is 2.00 bits per heavy atom. The molecule has 2 unspecified atom stereocenters. The Balaban J connectivity index is 2.56. The highest BCUT2D eigenvalue weighted by atomic mass is 32.2. The van der Waals surface area contributed by atoms with E-state index in [9.17, 15) is 13.2 Å². The zero-order chi connectivity index (χ0) is 13.2. The van der Waals surface area contributed by atoms with Crippen molar-refractivity contribution in [2.45, 2.75) is 38.6 Å². The van der Waals surface area contributed by atoms with Crippen molar-refractivity contribution >= 4 is 16.0 Å². The van der Waals surface area contributed by atoms with Crippen LogP contribution in [0.15, 0.2) is 0 Å². The number of sulfonamides is 1. The maximum absolute atomic E-state index is 11.7. The van der Waals surface area contributed by atoms with Gasteiger partial charge in [0.2, 0.25) is 10.0 Å². The Morgan fingerprint density at radius 1 is 1.41 bits per heavy atom. The van der Waals surface area contributed by atoms with Crippen LogP contribution in [0.1, 0.15) is 27.2 Å². The summed E-state index contributed by atoms with van der Waals surface area (Å²) < 4.78 is 25.9. The summed E-state index contributed by atoms with van der Waals surface area (Å²) in [5.41, 5.74) is 0. The molecule has 1 aliphatic rings. The van der Waals surface area contributed by atoms with Gasteiger partial charge in [0.15, 0.2) is 0 Å². The predicted molar refractivity (Wildman–Crippen MR) is 64.0 cm³/mol. The van der Waals surface area contributed by atoms with E-state index in [4.69, 9.17) is 5.11 Å². The van der Waals surface area contributed by atoms with Crippen molar-refractivity contribution in [1.29, 1.82) is 0 Å². The summed E-state index contributed by atoms with van der Waals surface area (Å²) >= 11 is 0. The van der Waals surface area contributed by atoms with Crippen molar-refractivity contribution in [3.63, 3.8) is 0 Å². The van der Waals surface area contributed by atoms with Gasteiger partial charge in [0.25, 0.3) is 0 Å². The van der Waals surface area contributed by atoms with Crippen LogP contribution in [0, 0.1) is 5.92 Å². The van der Waals surface area contributed by atoms with E-state index < -0.39 is 21.2 Å². The summed E-state index contributed by atoms with van der Waals surface area (Å²) in [4.78, 5) is 12.6. The van der Waals surface area contributed by atoms with Crippen molar-refractivity contribution < 1.29 is 18.3 Å². The van der Waals surface area contributed by atoms with Gasteiger partial charge in [0, 0.05) is 13.1 Å². The smallest absolute Gasteiger partial charge is 0.307 e. The second kappa shape index (κ2) is 5.32. The average Bonchev–Trinajstić information content (AvgIpc) is 2.65. The first kappa shape index (κ1) is 14.4. The topological polar surface area (TPSA) is 86.7 Å². The molecule has 7 heteroatoms. The van der Waals surface area contributed by atoms with Gasteiger partial charge < -0.3 is 5.11 Å². The van der Waals surface area contributed by atoms with Gasteiger partial charge in [-0.3, -0.25) is 9.69 Å². The first-order valence-electron chi connectivity index (χ1n) is 5.72. The molecule has 0 bridgehead atoms. The lowest BCUT2D eigenvalue weighted by Crippen LogP contribution is -2.47. The highest BCUT2D eigenvalue weighted by Crippen LogP contribution is 2.18. The number of rotatable bonds is 5. The highest BCUT2D eigenvalue weighted by Gasteiger charge is 2.32. The zero-order valence-electron chi connectivity index (χ0n) is 10.4. The number of nitrogens with one attached hydrogen (secondary N) is 1. The molecular weight excluding hydrogens is 244 g/mol. The van der Waals surface area contributed by atoms with Crippen LogP contribution in [0.25, 0.3) is 0 Å². The largest absolute Gasteiger partial charge is 0.481 e. The van der Waals surface area contributed by atoms with E-state index in [-0.39, 0.29) is 12.1 Å². The van der Waals surface area contributed by atoms with Gasteiger partial charge in [0.1, 0.15) is 0 Å². The molecule has 1 heterocycles. The first-order valence-corrected chi connectivity index (χ1v) is 7.26. The van der Waals surface area contributed by atoms with E-state index in [0.29, 0.717) is 19.5 Å². The summed E-state index contributed by atoms with van der Waals surface area (Å²) in [6, 6.07) is 0. The van der Waals surface area contributed by atoms with Crippen LogP contribution in [0.5, 0.6) is 0 Å². The third kappa shape index (κ3) is 3.65. The quantitative estimate of drug-likeness (QED) is 0.733. The van der Waals surface area contributed by atoms with E-state index in [0.717, 1.165) is 0 Å². The van der Waals surface area contributed by atoms with Crippen molar-refractivity contribution in [1.82, 2.24) is 9.62 Å². The van der Waals surface area contributed by atoms with Gasteiger partial charge in [-0.2, -0.15) is 4.72 Å². The molecule has 17 heavy (non-hydrogen) atoms. The minimum atomic E-state index is -3.31. The van der Waals surface area contributed by atoms with Gasteiger partial charge in [-0.15, -0.1) is 0 Å². The Labute approximate surface area is 102 Å². The molecule has 1 rings (SSSR count). The van der Waals surface area contributed by atoms with Gasteiger partial charge in [-0.25, -0.2) is 8.42 Å². The Bertz CT molecular complexity index is 380. The molecule has 1 fully saturated rings. The molecule has 0 aromatic heterocycles. The zero-order valence-corrected chi connectivity index (χ0v) is 11.2. The van der Waals surface area contributed by atoms with E-state index in [2.05, 4.69) is 4.72 Å². The van der Waals surface area contributed by atoms with Crippen LogP contribution in [-0.2, 0) is 14.8 Å². The number of carboxylic acids is 1. The molecule has 0 aliphatic carbocycles. The summed E-state index contributed by atoms with van der Waals surface area (Å²) in [6.45, 7) is 5.97. The van der Waals surface area contributed by atoms with Gasteiger partial charge >= 0.3 is 5.97 Å². The molecule has 1 aliphatic heterocycles. The minimum absolute atomic E-state index is 0.355. The molecule has 0 aromatic carbocycles. The highest BCUT2D eigenvalue weighted by molar-refractivity contribution is 7.90. The second-order valence-electron chi connectivity index (χ2n) is 4.71. The number of hydrogen-bond donors (Lipinski definition) is 2. The lowest BCUT2D eigenvalue weighted by molar-refractivity contribution is -0.141. The maximum atomic E-state index is 11.7. The molecular formula is C10H20N2O4S. The third-order valence-electron chi connectivity index (χ3n) is 3.07. The lowest BCUT2D eigenvalue weighted by Gasteiger charge is -2.25. The number of likely N-dealkylation sites (tertiary alicyclic amines) is 1. The van der Waals surface area contributed by atoms with E-state index in [1.54, 1.807) is 20.8 Å². The standard InChI is InChI=1S/C10H20N2O4S/c1-7(2)17(15,16)11-8(3)12-5-4-9(6-12)10(13)14/h7-9,11H,4-6H2,1-3H3,(H,13,14). The van der Waals surface area contributed by atoms with Crippen molar-refractivity contribution in [3.8, 4) is 0 Å².